The fourth-order valence-electron chi connectivity index (χ4n) is 3.01. The second-order valence-corrected chi connectivity index (χ2v) is 7.54. The minimum absolute atomic E-state index is 0.153. The van der Waals surface area contributed by atoms with Gasteiger partial charge in [0.05, 0.1) is 0 Å². The zero-order valence-corrected chi connectivity index (χ0v) is 14.8. The van der Waals surface area contributed by atoms with Crippen molar-refractivity contribution < 1.29 is 0 Å². The maximum atomic E-state index is 3.66. The first kappa shape index (κ1) is 18.2. The van der Waals surface area contributed by atoms with Crippen molar-refractivity contribution in [1.29, 1.82) is 0 Å². The summed E-state index contributed by atoms with van der Waals surface area (Å²) in [5.41, 5.74) is 1.58. The molecule has 0 spiro atoms. The molecule has 0 aromatic heterocycles. The first-order valence-corrected chi connectivity index (χ1v) is 8.28. The van der Waals surface area contributed by atoms with Crippen LogP contribution < -0.4 is 5.32 Å². The van der Waals surface area contributed by atoms with E-state index in [1.165, 1.54) is 5.56 Å². The lowest BCUT2D eigenvalue weighted by molar-refractivity contribution is 0.227. The Bertz CT molecular complexity index is 386. The first-order chi connectivity index (χ1) is 9.83. The lowest BCUT2D eigenvalue weighted by Crippen LogP contribution is -2.45. The summed E-state index contributed by atoms with van der Waals surface area (Å²) < 4.78 is 0. The van der Waals surface area contributed by atoms with Crippen LogP contribution in [0.5, 0.6) is 0 Å². The highest BCUT2D eigenvalue weighted by Crippen LogP contribution is 2.24. The van der Waals surface area contributed by atoms with Crippen LogP contribution in [-0.4, -0.2) is 38.1 Å². The topological polar surface area (TPSA) is 15.3 Å². The van der Waals surface area contributed by atoms with Crippen LogP contribution in [-0.2, 0) is 5.41 Å². The van der Waals surface area contributed by atoms with E-state index in [0.717, 1.165) is 26.2 Å². The van der Waals surface area contributed by atoms with E-state index in [4.69, 9.17) is 0 Å². The lowest BCUT2D eigenvalue weighted by atomic mass is 9.81. The number of benzene rings is 1. The summed E-state index contributed by atoms with van der Waals surface area (Å²) in [4.78, 5) is 2.47. The Balaban J connectivity index is 2.78. The summed E-state index contributed by atoms with van der Waals surface area (Å²) in [6.07, 6.45) is 0. The number of nitrogens with one attached hydrogen (secondary N) is 1. The molecule has 1 aromatic rings. The average molecular weight is 290 g/mol. The lowest BCUT2D eigenvalue weighted by Gasteiger charge is -2.35. The SMILES string of the molecule is CC(C)CNCC(C)(CN(C)CC(C)C)c1ccccc1. The van der Waals surface area contributed by atoms with Crippen LogP contribution >= 0.6 is 0 Å². The van der Waals surface area contributed by atoms with Crippen molar-refractivity contribution in [3.63, 3.8) is 0 Å². The fraction of sp³-hybridized carbons (Fsp3) is 0.684. The van der Waals surface area contributed by atoms with Crippen molar-refractivity contribution in [2.45, 2.75) is 40.0 Å². The Hall–Kier alpha value is -0.860. The molecule has 0 aliphatic carbocycles. The van der Waals surface area contributed by atoms with Crippen molar-refractivity contribution in [3.8, 4) is 0 Å². The van der Waals surface area contributed by atoms with Crippen LogP contribution in [0.25, 0.3) is 0 Å². The third kappa shape index (κ3) is 6.62. The van der Waals surface area contributed by atoms with Crippen LogP contribution in [0.4, 0.5) is 0 Å². The minimum Gasteiger partial charge on any atom is -0.316 e. The molecule has 1 rings (SSSR count). The minimum atomic E-state index is 0.153. The molecule has 2 heteroatoms. The maximum Gasteiger partial charge on any atom is 0.0176 e. The van der Waals surface area contributed by atoms with Crippen molar-refractivity contribution in [1.82, 2.24) is 10.2 Å². The zero-order chi connectivity index (χ0) is 15.9. The highest BCUT2D eigenvalue weighted by atomic mass is 15.1. The molecule has 0 bridgehead atoms. The quantitative estimate of drug-likeness (QED) is 0.744. The standard InChI is InChI=1S/C19H34N2/c1-16(2)12-20-14-19(5,15-21(6)13-17(3)4)18-10-8-7-9-11-18/h7-11,16-17,20H,12-15H2,1-6H3. The molecule has 0 saturated carbocycles. The molecule has 0 aliphatic heterocycles. The van der Waals surface area contributed by atoms with Crippen molar-refractivity contribution >= 4 is 0 Å². The van der Waals surface area contributed by atoms with E-state index in [9.17, 15) is 0 Å². The molecule has 1 aromatic carbocycles. The van der Waals surface area contributed by atoms with E-state index < -0.39 is 0 Å². The van der Waals surface area contributed by atoms with Gasteiger partial charge in [-0.05, 0) is 31.0 Å². The summed E-state index contributed by atoms with van der Waals surface area (Å²) in [5, 5.41) is 3.66. The molecule has 1 N–H and O–H groups in total. The molecule has 0 amide bonds. The van der Waals surface area contributed by atoms with Crippen LogP contribution in [0.3, 0.4) is 0 Å². The first-order valence-electron chi connectivity index (χ1n) is 8.28. The van der Waals surface area contributed by atoms with Gasteiger partial charge in [0.25, 0.3) is 0 Å². The monoisotopic (exact) mass is 290 g/mol. The predicted octanol–water partition coefficient (Wildman–Crippen LogP) is 3.78. The second kappa shape index (κ2) is 8.55. The molecule has 0 fully saturated rings. The van der Waals surface area contributed by atoms with Gasteiger partial charge >= 0.3 is 0 Å². The number of rotatable bonds is 9. The summed E-state index contributed by atoms with van der Waals surface area (Å²) in [6, 6.07) is 10.9. The van der Waals surface area contributed by atoms with Gasteiger partial charge in [-0.1, -0.05) is 65.0 Å². The fourth-order valence-corrected chi connectivity index (χ4v) is 3.01. The summed E-state index contributed by atoms with van der Waals surface area (Å²) in [7, 11) is 2.24. The molecule has 0 radical (unpaired) electrons. The Morgan fingerprint density at radius 1 is 1.05 bits per heavy atom. The van der Waals surface area contributed by atoms with Gasteiger partial charge < -0.3 is 10.2 Å². The molecular weight excluding hydrogens is 256 g/mol. The van der Waals surface area contributed by atoms with Crippen LogP contribution in [0.2, 0.25) is 0 Å². The number of likely N-dealkylation sites (N-methyl/N-ethyl adjacent to an activating group) is 1. The van der Waals surface area contributed by atoms with Gasteiger partial charge in [-0.25, -0.2) is 0 Å². The third-order valence-electron chi connectivity index (χ3n) is 3.83. The molecule has 1 unspecified atom stereocenters. The largest absolute Gasteiger partial charge is 0.316 e. The van der Waals surface area contributed by atoms with E-state index >= 15 is 0 Å². The van der Waals surface area contributed by atoms with Gasteiger partial charge in [0.1, 0.15) is 0 Å². The zero-order valence-electron chi connectivity index (χ0n) is 14.8. The van der Waals surface area contributed by atoms with Crippen LogP contribution in [0.15, 0.2) is 30.3 Å². The molecular formula is C19H34N2. The van der Waals surface area contributed by atoms with Gasteiger partial charge in [-0.15, -0.1) is 0 Å². The highest BCUT2D eigenvalue weighted by Gasteiger charge is 2.28. The molecule has 2 nitrogen and oxygen atoms in total. The van der Waals surface area contributed by atoms with E-state index in [-0.39, 0.29) is 5.41 Å². The average Bonchev–Trinajstić information content (AvgIpc) is 2.38. The molecule has 21 heavy (non-hydrogen) atoms. The van der Waals surface area contributed by atoms with E-state index in [2.05, 4.69) is 82.2 Å². The Labute approximate surface area is 131 Å². The van der Waals surface area contributed by atoms with Crippen molar-refractivity contribution in [3.05, 3.63) is 35.9 Å². The Morgan fingerprint density at radius 2 is 1.67 bits per heavy atom. The normalized spacial score (nSPS) is 14.9. The van der Waals surface area contributed by atoms with Gasteiger partial charge in [-0.2, -0.15) is 0 Å². The van der Waals surface area contributed by atoms with Crippen molar-refractivity contribution in [2.24, 2.45) is 11.8 Å². The molecule has 120 valence electrons. The molecule has 0 saturated heterocycles. The Morgan fingerprint density at radius 3 is 2.19 bits per heavy atom. The van der Waals surface area contributed by atoms with Gasteiger partial charge in [0, 0.05) is 25.0 Å². The highest BCUT2D eigenvalue weighted by molar-refractivity contribution is 5.25. The van der Waals surface area contributed by atoms with Crippen molar-refractivity contribution in [2.75, 3.05) is 33.2 Å². The van der Waals surface area contributed by atoms with E-state index in [1.807, 2.05) is 0 Å². The Kier molecular flexibility index (Phi) is 7.41. The number of hydrogen-bond acceptors (Lipinski definition) is 2. The summed E-state index contributed by atoms with van der Waals surface area (Å²) in [6.45, 7) is 15.8. The number of nitrogens with zero attached hydrogens (tertiary/aromatic N) is 1. The molecule has 0 aliphatic rings. The second-order valence-electron chi connectivity index (χ2n) is 7.54. The molecule has 0 heterocycles. The predicted molar refractivity (Wildman–Crippen MR) is 93.8 cm³/mol. The number of hydrogen-bond donors (Lipinski definition) is 1. The van der Waals surface area contributed by atoms with E-state index in [1.54, 1.807) is 0 Å². The summed E-state index contributed by atoms with van der Waals surface area (Å²) >= 11 is 0. The third-order valence-corrected chi connectivity index (χ3v) is 3.83. The van der Waals surface area contributed by atoms with E-state index in [0.29, 0.717) is 11.8 Å². The smallest absolute Gasteiger partial charge is 0.0176 e. The van der Waals surface area contributed by atoms with Gasteiger partial charge in [-0.3, -0.25) is 0 Å². The maximum absolute atomic E-state index is 3.66. The van der Waals surface area contributed by atoms with Gasteiger partial charge in [0.2, 0.25) is 0 Å². The van der Waals surface area contributed by atoms with Crippen LogP contribution in [0, 0.1) is 11.8 Å². The molecule has 1 atom stereocenters. The van der Waals surface area contributed by atoms with Gasteiger partial charge in [0.15, 0.2) is 0 Å². The summed E-state index contributed by atoms with van der Waals surface area (Å²) in [5.74, 6) is 1.40. The van der Waals surface area contributed by atoms with Crippen LogP contribution in [0.1, 0.15) is 40.2 Å².